The summed E-state index contributed by atoms with van der Waals surface area (Å²) in [5.74, 6) is 3.24. The Morgan fingerprint density at radius 3 is 2.59 bits per heavy atom. The minimum Gasteiger partial charge on any atom is -0.497 e. The van der Waals surface area contributed by atoms with Gasteiger partial charge in [0, 0.05) is 31.0 Å². The largest absolute Gasteiger partial charge is 0.497 e. The summed E-state index contributed by atoms with van der Waals surface area (Å²) in [5.41, 5.74) is 1.37. The highest BCUT2D eigenvalue weighted by atomic mass is 16.5. The first-order chi connectivity index (χ1) is 16.3. The van der Waals surface area contributed by atoms with Gasteiger partial charge in [-0.05, 0) is 91.9 Å². The summed E-state index contributed by atoms with van der Waals surface area (Å²) < 4.78 is 5.23. The third-order valence-electron chi connectivity index (χ3n) is 10.3. The lowest BCUT2D eigenvalue weighted by Crippen LogP contribution is -2.59. The van der Waals surface area contributed by atoms with E-state index in [9.17, 15) is 9.59 Å². The summed E-state index contributed by atoms with van der Waals surface area (Å²) in [4.78, 5) is 27.6. The molecular weight excluding hydrogens is 424 g/mol. The lowest BCUT2D eigenvalue weighted by Gasteiger charge is -2.60. The first-order valence-corrected chi connectivity index (χ1v) is 13.1. The van der Waals surface area contributed by atoms with E-state index in [0.29, 0.717) is 30.3 Å². The Balaban J connectivity index is 1.24. The van der Waals surface area contributed by atoms with Crippen molar-refractivity contribution < 1.29 is 14.3 Å². The van der Waals surface area contributed by atoms with Crippen LogP contribution in [0.1, 0.15) is 57.9 Å². The molecule has 4 aliphatic rings. The number of carbonyl (C=O) groups is 2. The van der Waals surface area contributed by atoms with E-state index in [1.165, 1.54) is 12.0 Å². The van der Waals surface area contributed by atoms with Gasteiger partial charge in [-0.1, -0.05) is 32.1 Å². The Bertz CT molecular complexity index is 972. The number of methoxy groups -OCH3 is 1. The van der Waals surface area contributed by atoms with Crippen LogP contribution in [0.15, 0.2) is 36.4 Å². The number of nitrogens with one attached hydrogen (secondary N) is 1. The van der Waals surface area contributed by atoms with E-state index >= 15 is 0 Å². The zero-order valence-corrected chi connectivity index (χ0v) is 21.2. The molecule has 34 heavy (non-hydrogen) atoms. The Morgan fingerprint density at radius 1 is 1.09 bits per heavy atom. The van der Waals surface area contributed by atoms with Gasteiger partial charge in [0.25, 0.3) is 0 Å². The predicted molar refractivity (Wildman–Crippen MR) is 133 cm³/mol. The molecule has 0 bridgehead atoms. The van der Waals surface area contributed by atoms with E-state index in [-0.39, 0.29) is 28.6 Å². The van der Waals surface area contributed by atoms with Crippen molar-refractivity contribution >= 4 is 11.8 Å². The summed E-state index contributed by atoms with van der Waals surface area (Å²) >= 11 is 0. The minimum atomic E-state index is 0.0611. The fourth-order valence-electron chi connectivity index (χ4n) is 8.41. The molecule has 5 nitrogen and oxygen atoms in total. The van der Waals surface area contributed by atoms with Gasteiger partial charge < -0.3 is 15.0 Å². The summed E-state index contributed by atoms with van der Waals surface area (Å²) in [6.45, 7) is 5.46. The topological polar surface area (TPSA) is 58.6 Å². The number of likely N-dealkylation sites (N-methyl/N-ethyl adjacent to an activating group) is 1. The van der Waals surface area contributed by atoms with Crippen molar-refractivity contribution in [1.82, 2.24) is 10.2 Å². The van der Waals surface area contributed by atoms with Crippen LogP contribution in [-0.2, 0) is 16.0 Å². The van der Waals surface area contributed by atoms with Gasteiger partial charge in [0.1, 0.15) is 5.75 Å². The molecule has 0 aromatic heterocycles. The molecule has 0 radical (unpaired) electrons. The minimum absolute atomic E-state index is 0.0611. The van der Waals surface area contributed by atoms with Gasteiger partial charge in [0.05, 0.1) is 7.11 Å². The van der Waals surface area contributed by atoms with Crippen molar-refractivity contribution in [3.05, 3.63) is 42.0 Å². The molecule has 1 aromatic rings. The molecular formula is C29H40N2O3. The van der Waals surface area contributed by atoms with E-state index in [0.717, 1.165) is 44.3 Å². The lowest BCUT2D eigenvalue weighted by molar-refractivity contribution is -0.142. The third kappa shape index (κ3) is 3.67. The normalized spacial score (nSPS) is 38.6. The molecule has 3 aliphatic carbocycles. The van der Waals surface area contributed by atoms with Crippen LogP contribution in [0.5, 0.6) is 5.75 Å². The summed E-state index contributed by atoms with van der Waals surface area (Å²) in [7, 11) is 3.65. The number of ether oxygens (including phenoxy) is 1. The summed E-state index contributed by atoms with van der Waals surface area (Å²) in [5, 5.41) is 3.27. The molecule has 2 amide bonds. The second-order valence-corrected chi connectivity index (χ2v) is 11.7. The first-order valence-electron chi connectivity index (χ1n) is 13.1. The molecule has 5 rings (SSSR count). The quantitative estimate of drug-likeness (QED) is 0.692. The number of carbonyl (C=O) groups excluding carboxylic acids is 2. The van der Waals surface area contributed by atoms with Crippen molar-refractivity contribution in [2.24, 2.45) is 34.5 Å². The third-order valence-corrected chi connectivity index (χ3v) is 10.3. The van der Waals surface area contributed by atoms with Crippen molar-refractivity contribution in [1.29, 1.82) is 0 Å². The zero-order valence-electron chi connectivity index (χ0n) is 21.2. The molecule has 7 atom stereocenters. The summed E-state index contributed by atoms with van der Waals surface area (Å²) in [6.07, 6.45) is 11.6. The molecule has 1 aromatic carbocycles. The van der Waals surface area contributed by atoms with Gasteiger partial charge in [-0.15, -0.1) is 0 Å². The van der Waals surface area contributed by atoms with Crippen LogP contribution in [0.4, 0.5) is 0 Å². The molecule has 1 heterocycles. The number of benzene rings is 1. The van der Waals surface area contributed by atoms with Crippen LogP contribution in [0.3, 0.4) is 0 Å². The van der Waals surface area contributed by atoms with Gasteiger partial charge >= 0.3 is 0 Å². The van der Waals surface area contributed by atoms with Crippen LogP contribution in [0.25, 0.3) is 0 Å². The van der Waals surface area contributed by atoms with E-state index in [2.05, 4.69) is 37.4 Å². The second-order valence-electron chi connectivity index (χ2n) is 11.7. The molecule has 0 saturated heterocycles. The van der Waals surface area contributed by atoms with Crippen molar-refractivity contribution in [2.45, 2.75) is 64.8 Å². The van der Waals surface area contributed by atoms with E-state index in [1.807, 2.05) is 24.1 Å². The molecule has 1 aliphatic heterocycles. The van der Waals surface area contributed by atoms with E-state index in [4.69, 9.17) is 4.74 Å². The number of hydrogen-bond acceptors (Lipinski definition) is 3. The van der Waals surface area contributed by atoms with Gasteiger partial charge in [-0.2, -0.15) is 0 Å². The number of fused-ring (bicyclic) bond motifs is 5. The molecule has 184 valence electrons. The molecule has 0 unspecified atom stereocenters. The Morgan fingerprint density at radius 2 is 1.85 bits per heavy atom. The summed E-state index contributed by atoms with van der Waals surface area (Å²) in [6, 6.07) is 8.40. The SMILES string of the molecule is COc1ccc(CCNC(=O)[C@H]2CC[C@H]3[C@@H]4CC[C@H]5N(C)C(=O)C=C[C@]5(C)[C@H]4CC[C@]23C)cc1. The highest BCUT2D eigenvalue weighted by molar-refractivity contribution is 5.89. The zero-order chi connectivity index (χ0) is 24.1. The van der Waals surface area contributed by atoms with Gasteiger partial charge in [-0.25, -0.2) is 0 Å². The first kappa shape index (κ1) is 23.4. The Kier molecular flexibility index (Phi) is 6.02. The highest BCUT2D eigenvalue weighted by Gasteiger charge is 2.61. The number of amides is 2. The van der Waals surface area contributed by atoms with Crippen LogP contribution in [-0.4, -0.2) is 43.5 Å². The number of rotatable bonds is 5. The van der Waals surface area contributed by atoms with Crippen LogP contribution in [0.2, 0.25) is 0 Å². The van der Waals surface area contributed by atoms with Gasteiger partial charge in [0.2, 0.25) is 11.8 Å². The van der Waals surface area contributed by atoms with Crippen molar-refractivity contribution in [3.8, 4) is 5.75 Å². The van der Waals surface area contributed by atoms with Crippen LogP contribution < -0.4 is 10.1 Å². The highest BCUT2D eigenvalue weighted by Crippen LogP contribution is 2.65. The molecule has 5 heteroatoms. The smallest absolute Gasteiger partial charge is 0.246 e. The fourth-order valence-corrected chi connectivity index (χ4v) is 8.41. The standard InChI is InChI=1S/C29H40N2O3/c1-28-16-13-23-21(9-12-25-29(23,2)17-14-26(32)31(25)3)22(28)10-11-24(28)27(33)30-18-15-19-5-7-20(34-4)8-6-19/h5-8,14,17,21-25H,9-13,15-16,18H2,1-4H3,(H,30,33)/t21-,22-,23-,24+,25+,28-,29+/m0/s1. The van der Waals surface area contributed by atoms with Gasteiger partial charge in [0.15, 0.2) is 0 Å². The average molecular weight is 465 g/mol. The maximum absolute atomic E-state index is 13.3. The van der Waals surface area contributed by atoms with E-state index in [1.54, 1.807) is 13.2 Å². The van der Waals surface area contributed by atoms with Crippen LogP contribution >= 0.6 is 0 Å². The Hall–Kier alpha value is -2.30. The molecule has 0 spiro atoms. The lowest BCUT2D eigenvalue weighted by atomic mass is 9.47. The molecule has 3 fully saturated rings. The van der Waals surface area contributed by atoms with Gasteiger partial charge in [-0.3, -0.25) is 9.59 Å². The Labute approximate surface area is 204 Å². The molecule has 1 N–H and O–H groups in total. The maximum Gasteiger partial charge on any atom is 0.246 e. The maximum atomic E-state index is 13.3. The second kappa shape index (κ2) is 8.73. The average Bonchev–Trinajstić information content (AvgIpc) is 3.19. The monoisotopic (exact) mass is 464 g/mol. The fraction of sp³-hybridized carbons (Fsp3) is 0.655. The predicted octanol–water partition coefficient (Wildman–Crippen LogP) is 4.61. The number of nitrogens with zero attached hydrogens (tertiary/aromatic N) is 1. The van der Waals surface area contributed by atoms with Crippen molar-refractivity contribution in [3.63, 3.8) is 0 Å². The number of hydrogen-bond donors (Lipinski definition) is 1. The van der Waals surface area contributed by atoms with Crippen molar-refractivity contribution in [2.75, 3.05) is 20.7 Å². The van der Waals surface area contributed by atoms with E-state index < -0.39 is 0 Å². The molecule has 3 saturated carbocycles. The van der Waals surface area contributed by atoms with Crippen LogP contribution in [0, 0.1) is 34.5 Å².